The van der Waals surface area contributed by atoms with Crippen LogP contribution in [0, 0.1) is 10.1 Å². The van der Waals surface area contributed by atoms with Gasteiger partial charge in [-0.15, -0.1) is 0 Å². The van der Waals surface area contributed by atoms with Gasteiger partial charge in [0, 0.05) is 34.7 Å². The standard InChI is InChI=1S/C23H18ClN3O4/c1-30-18-9-4-14(5-10-18)20-13-21-19-12-16(24)6-11-22(19)31-23(26(21)25-20)15-2-7-17(8-3-15)27(28)29/h2-12,21,23H,13H2,1H3/t21-,23-/m0/s1. The monoisotopic (exact) mass is 435 g/mol. The third kappa shape index (κ3) is 3.47. The highest BCUT2D eigenvalue weighted by Gasteiger charge is 2.41. The van der Waals surface area contributed by atoms with E-state index in [1.54, 1.807) is 25.3 Å². The first kappa shape index (κ1) is 19.4. The van der Waals surface area contributed by atoms with Crippen LogP contribution < -0.4 is 9.47 Å². The van der Waals surface area contributed by atoms with Gasteiger partial charge in [0.1, 0.15) is 11.5 Å². The van der Waals surface area contributed by atoms with Crippen molar-refractivity contribution in [3.05, 3.63) is 98.6 Å². The predicted octanol–water partition coefficient (Wildman–Crippen LogP) is 5.50. The van der Waals surface area contributed by atoms with Gasteiger partial charge in [-0.2, -0.15) is 5.10 Å². The van der Waals surface area contributed by atoms with Crippen LogP contribution in [0.5, 0.6) is 11.5 Å². The second-order valence-electron chi connectivity index (χ2n) is 7.38. The van der Waals surface area contributed by atoms with Crippen LogP contribution in [0.4, 0.5) is 5.69 Å². The topological polar surface area (TPSA) is 77.2 Å². The molecule has 2 aliphatic rings. The van der Waals surface area contributed by atoms with E-state index >= 15 is 0 Å². The minimum absolute atomic E-state index is 0.0344. The van der Waals surface area contributed by atoms with Gasteiger partial charge in [0.25, 0.3) is 5.69 Å². The molecule has 0 aliphatic carbocycles. The van der Waals surface area contributed by atoms with E-state index in [0.29, 0.717) is 11.4 Å². The summed E-state index contributed by atoms with van der Waals surface area (Å²) < 4.78 is 11.5. The molecule has 31 heavy (non-hydrogen) atoms. The number of methoxy groups -OCH3 is 1. The Morgan fingerprint density at radius 2 is 1.87 bits per heavy atom. The van der Waals surface area contributed by atoms with E-state index in [0.717, 1.165) is 33.9 Å². The molecule has 7 nitrogen and oxygen atoms in total. The van der Waals surface area contributed by atoms with Gasteiger partial charge < -0.3 is 9.47 Å². The van der Waals surface area contributed by atoms with Crippen molar-refractivity contribution in [3.8, 4) is 11.5 Å². The molecule has 0 aromatic heterocycles. The second-order valence-corrected chi connectivity index (χ2v) is 7.81. The van der Waals surface area contributed by atoms with Crippen LogP contribution in [0.1, 0.15) is 35.4 Å². The summed E-state index contributed by atoms with van der Waals surface area (Å²) in [6, 6.07) is 19.7. The lowest BCUT2D eigenvalue weighted by Crippen LogP contribution is -2.33. The van der Waals surface area contributed by atoms with Gasteiger partial charge in [-0.1, -0.05) is 11.6 Å². The number of rotatable bonds is 4. The van der Waals surface area contributed by atoms with E-state index in [1.807, 2.05) is 41.4 Å². The number of hydrazone groups is 1. The van der Waals surface area contributed by atoms with Crippen LogP contribution in [0.3, 0.4) is 0 Å². The third-order valence-electron chi connectivity index (χ3n) is 5.56. The summed E-state index contributed by atoms with van der Waals surface area (Å²) in [6.07, 6.45) is 0.183. The molecular formula is C23H18ClN3O4. The maximum Gasteiger partial charge on any atom is 0.269 e. The molecule has 3 aromatic carbocycles. The van der Waals surface area contributed by atoms with E-state index in [1.165, 1.54) is 12.1 Å². The molecule has 0 radical (unpaired) electrons. The molecule has 5 rings (SSSR count). The van der Waals surface area contributed by atoms with Crippen LogP contribution in [0.15, 0.2) is 71.8 Å². The maximum atomic E-state index is 11.0. The Morgan fingerprint density at radius 1 is 1.13 bits per heavy atom. The Kier molecular flexibility index (Phi) is 4.75. The molecule has 0 unspecified atom stereocenters. The van der Waals surface area contributed by atoms with Crippen molar-refractivity contribution in [2.45, 2.75) is 18.7 Å². The Hall–Kier alpha value is -3.58. The minimum Gasteiger partial charge on any atom is -0.497 e. The van der Waals surface area contributed by atoms with Crippen molar-refractivity contribution in [1.29, 1.82) is 0 Å². The summed E-state index contributed by atoms with van der Waals surface area (Å²) >= 11 is 6.27. The third-order valence-corrected chi connectivity index (χ3v) is 5.80. The number of hydrogen-bond donors (Lipinski definition) is 0. The molecule has 156 valence electrons. The quantitative estimate of drug-likeness (QED) is 0.399. The molecule has 0 N–H and O–H groups in total. The van der Waals surface area contributed by atoms with Crippen LogP contribution in [0.25, 0.3) is 0 Å². The van der Waals surface area contributed by atoms with E-state index < -0.39 is 11.2 Å². The number of halogens is 1. The zero-order valence-electron chi connectivity index (χ0n) is 16.6. The molecule has 8 heteroatoms. The molecule has 0 amide bonds. The first-order chi connectivity index (χ1) is 15.0. The van der Waals surface area contributed by atoms with Crippen molar-refractivity contribution < 1.29 is 14.4 Å². The van der Waals surface area contributed by atoms with Gasteiger partial charge in [-0.3, -0.25) is 10.1 Å². The van der Waals surface area contributed by atoms with Crippen molar-refractivity contribution in [2.24, 2.45) is 5.10 Å². The lowest BCUT2D eigenvalue weighted by atomic mass is 9.96. The number of ether oxygens (including phenoxy) is 2. The maximum absolute atomic E-state index is 11.0. The fourth-order valence-electron chi connectivity index (χ4n) is 4.00. The van der Waals surface area contributed by atoms with Crippen LogP contribution in [-0.4, -0.2) is 22.8 Å². The minimum atomic E-state index is -0.504. The molecule has 0 saturated heterocycles. The summed E-state index contributed by atoms with van der Waals surface area (Å²) in [5, 5.41) is 18.5. The van der Waals surface area contributed by atoms with Gasteiger partial charge in [0.15, 0.2) is 0 Å². The Morgan fingerprint density at radius 3 is 2.55 bits per heavy atom. The van der Waals surface area contributed by atoms with E-state index in [-0.39, 0.29) is 11.7 Å². The molecule has 0 bridgehead atoms. The van der Waals surface area contributed by atoms with Gasteiger partial charge in [0.05, 0.1) is 23.8 Å². The first-order valence-corrected chi connectivity index (χ1v) is 10.1. The summed E-state index contributed by atoms with van der Waals surface area (Å²) in [5.41, 5.74) is 3.72. The van der Waals surface area contributed by atoms with Crippen molar-refractivity contribution in [2.75, 3.05) is 7.11 Å². The summed E-state index contributed by atoms with van der Waals surface area (Å²) in [6.45, 7) is 0. The van der Waals surface area contributed by atoms with Crippen molar-refractivity contribution >= 4 is 23.0 Å². The zero-order valence-corrected chi connectivity index (χ0v) is 17.3. The molecule has 0 fully saturated rings. The number of benzene rings is 3. The van der Waals surface area contributed by atoms with Gasteiger partial charge in [-0.25, -0.2) is 5.01 Å². The Labute approximate surface area is 183 Å². The highest BCUT2D eigenvalue weighted by atomic mass is 35.5. The normalized spacial score (nSPS) is 19.2. The number of nitro benzene ring substituents is 1. The van der Waals surface area contributed by atoms with Crippen LogP contribution >= 0.6 is 11.6 Å². The number of non-ortho nitro benzene ring substituents is 1. The van der Waals surface area contributed by atoms with Gasteiger partial charge in [0.2, 0.25) is 6.23 Å². The largest absolute Gasteiger partial charge is 0.497 e. The zero-order chi connectivity index (χ0) is 21.5. The lowest BCUT2D eigenvalue weighted by molar-refractivity contribution is -0.384. The van der Waals surface area contributed by atoms with E-state index in [4.69, 9.17) is 26.2 Å². The van der Waals surface area contributed by atoms with Crippen LogP contribution in [0.2, 0.25) is 5.02 Å². The van der Waals surface area contributed by atoms with Crippen molar-refractivity contribution in [1.82, 2.24) is 5.01 Å². The molecule has 0 spiro atoms. The average molecular weight is 436 g/mol. The smallest absolute Gasteiger partial charge is 0.269 e. The SMILES string of the molecule is COc1ccc(C2=NN3[C@@H](C2)c2cc(Cl)ccc2O[C@H]3c2ccc([N+](=O)[O-])cc2)cc1. The van der Waals surface area contributed by atoms with Gasteiger partial charge in [-0.05, 0) is 60.2 Å². The molecule has 2 aliphatic heterocycles. The van der Waals surface area contributed by atoms with E-state index in [9.17, 15) is 10.1 Å². The number of nitro groups is 1. The average Bonchev–Trinajstić information content (AvgIpc) is 3.24. The molecular weight excluding hydrogens is 418 g/mol. The van der Waals surface area contributed by atoms with Crippen molar-refractivity contribution in [3.63, 3.8) is 0 Å². The second kappa shape index (κ2) is 7.59. The highest BCUT2D eigenvalue weighted by Crippen LogP contribution is 2.48. The Balaban J connectivity index is 1.55. The van der Waals surface area contributed by atoms with E-state index in [2.05, 4.69) is 0 Å². The molecule has 2 atom stereocenters. The highest BCUT2D eigenvalue weighted by molar-refractivity contribution is 6.30. The van der Waals surface area contributed by atoms with Gasteiger partial charge >= 0.3 is 0 Å². The Bertz CT molecular complexity index is 1180. The fourth-order valence-corrected chi connectivity index (χ4v) is 4.18. The molecule has 2 heterocycles. The summed E-state index contributed by atoms with van der Waals surface area (Å²) in [7, 11) is 1.63. The molecule has 0 saturated carbocycles. The number of fused-ring (bicyclic) bond motifs is 3. The summed E-state index contributed by atoms with van der Waals surface area (Å²) in [5.74, 6) is 1.52. The van der Waals surface area contributed by atoms with Crippen LogP contribution in [-0.2, 0) is 0 Å². The number of nitrogens with zero attached hydrogens (tertiary/aromatic N) is 3. The number of hydrogen-bond acceptors (Lipinski definition) is 6. The summed E-state index contributed by atoms with van der Waals surface area (Å²) in [4.78, 5) is 10.6. The predicted molar refractivity (Wildman–Crippen MR) is 117 cm³/mol. The lowest BCUT2D eigenvalue weighted by Gasteiger charge is -2.38. The fraction of sp³-hybridized carbons (Fsp3) is 0.174. The first-order valence-electron chi connectivity index (χ1n) is 9.74. The molecule has 3 aromatic rings.